The van der Waals surface area contributed by atoms with E-state index in [4.69, 9.17) is 10.7 Å². The maximum Gasteiger partial charge on any atom is 0.166 e. The zero-order chi connectivity index (χ0) is 20.1. The smallest absolute Gasteiger partial charge is 0.166 e. The molecule has 3 atom stereocenters. The summed E-state index contributed by atoms with van der Waals surface area (Å²) in [5.41, 5.74) is 8.92. The van der Waals surface area contributed by atoms with E-state index < -0.39 is 6.23 Å². The highest BCUT2D eigenvalue weighted by Crippen LogP contribution is 2.38. The number of hydrogen-bond donors (Lipinski definition) is 3. The molecule has 0 spiro atoms. The molecule has 0 radical (unpaired) electrons. The first-order chi connectivity index (χ1) is 14.0. The second kappa shape index (κ2) is 6.93. The van der Waals surface area contributed by atoms with Crippen LogP contribution in [0.3, 0.4) is 0 Å². The van der Waals surface area contributed by atoms with Crippen LogP contribution < -0.4 is 16.0 Å². The predicted octanol–water partition coefficient (Wildman–Crippen LogP) is 2.10. The lowest BCUT2D eigenvalue weighted by molar-refractivity contribution is 0.126. The number of pyridine rings is 1. The number of fused-ring (bicyclic) bond motifs is 5. The van der Waals surface area contributed by atoms with Crippen molar-refractivity contribution in [3.05, 3.63) is 47.2 Å². The fourth-order valence-corrected chi connectivity index (χ4v) is 4.51. The Balaban J connectivity index is 1.69. The largest absolute Gasteiger partial charge is 0.382 e. The Bertz CT molecular complexity index is 1070. The van der Waals surface area contributed by atoms with Crippen molar-refractivity contribution in [3.63, 3.8) is 0 Å². The Hall–Kier alpha value is -2.78. The van der Waals surface area contributed by atoms with Gasteiger partial charge in [0.05, 0.1) is 17.8 Å². The van der Waals surface area contributed by atoms with Crippen molar-refractivity contribution >= 4 is 17.3 Å². The Morgan fingerprint density at radius 1 is 1.34 bits per heavy atom. The van der Waals surface area contributed by atoms with E-state index in [2.05, 4.69) is 20.3 Å². The number of nitrogen functional groups attached to an aromatic ring is 1. The van der Waals surface area contributed by atoms with Gasteiger partial charge < -0.3 is 15.7 Å². The van der Waals surface area contributed by atoms with Gasteiger partial charge in [-0.2, -0.15) is 0 Å². The van der Waals surface area contributed by atoms with Crippen molar-refractivity contribution in [1.82, 2.24) is 24.9 Å². The van der Waals surface area contributed by atoms with Gasteiger partial charge in [-0.05, 0) is 50.3 Å². The lowest BCUT2D eigenvalue weighted by atomic mass is 9.98. The molecular formula is C20H24FN7O. The average Bonchev–Trinajstić information content (AvgIpc) is 3.29. The van der Waals surface area contributed by atoms with Gasteiger partial charge in [-0.3, -0.25) is 10.3 Å². The van der Waals surface area contributed by atoms with Crippen molar-refractivity contribution < 1.29 is 9.50 Å². The summed E-state index contributed by atoms with van der Waals surface area (Å²) < 4.78 is 15.7. The summed E-state index contributed by atoms with van der Waals surface area (Å²) >= 11 is 0. The van der Waals surface area contributed by atoms with Gasteiger partial charge in [0.1, 0.15) is 17.9 Å². The van der Waals surface area contributed by atoms with Crippen LogP contribution >= 0.6 is 0 Å². The lowest BCUT2D eigenvalue weighted by Gasteiger charge is -2.27. The van der Waals surface area contributed by atoms with Crippen LogP contribution in [0.2, 0.25) is 0 Å². The Morgan fingerprint density at radius 3 is 3.07 bits per heavy atom. The molecule has 0 aromatic carbocycles. The summed E-state index contributed by atoms with van der Waals surface area (Å²) in [6.07, 6.45) is 5.42. The van der Waals surface area contributed by atoms with Crippen molar-refractivity contribution in [3.8, 4) is 0 Å². The van der Waals surface area contributed by atoms with E-state index in [9.17, 15) is 9.50 Å². The molecule has 3 aromatic rings. The molecule has 2 bridgehead atoms. The third-order valence-corrected chi connectivity index (χ3v) is 5.94. The van der Waals surface area contributed by atoms with Gasteiger partial charge in [-0.15, -0.1) is 5.10 Å². The minimum absolute atomic E-state index is 0.0114. The number of aliphatic hydroxyl groups is 1. The van der Waals surface area contributed by atoms with E-state index in [1.165, 1.54) is 6.20 Å². The molecule has 0 amide bonds. The number of aromatic nitrogens is 4. The number of rotatable bonds is 0. The van der Waals surface area contributed by atoms with E-state index in [0.717, 1.165) is 42.9 Å². The molecule has 4 N–H and O–H groups in total. The highest BCUT2D eigenvalue weighted by atomic mass is 19.1. The highest BCUT2D eigenvalue weighted by Gasteiger charge is 2.31. The van der Waals surface area contributed by atoms with Crippen LogP contribution in [-0.4, -0.2) is 37.3 Å². The van der Waals surface area contributed by atoms with E-state index >= 15 is 0 Å². The molecular weight excluding hydrogens is 373 g/mol. The first kappa shape index (κ1) is 18.3. The maximum absolute atomic E-state index is 14.1. The molecule has 5 heterocycles. The molecule has 29 heavy (non-hydrogen) atoms. The summed E-state index contributed by atoms with van der Waals surface area (Å²) in [5, 5.41) is 18.3. The number of hydrogen-bond acceptors (Lipinski definition) is 7. The van der Waals surface area contributed by atoms with Crippen LogP contribution in [0.25, 0.3) is 5.65 Å². The highest BCUT2D eigenvalue weighted by molar-refractivity contribution is 5.63. The summed E-state index contributed by atoms with van der Waals surface area (Å²) in [5.74, 6) is 0.688. The zero-order valence-corrected chi connectivity index (χ0v) is 16.2. The molecule has 2 aliphatic rings. The number of nitrogens with one attached hydrogen (secondary N) is 1. The van der Waals surface area contributed by atoms with Crippen LogP contribution in [0.15, 0.2) is 24.5 Å². The molecule has 1 saturated heterocycles. The van der Waals surface area contributed by atoms with E-state index in [1.54, 1.807) is 16.8 Å². The number of aryl methyl sites for hydroxylation is 1. The molecule has 3 aromatic heterocycles. The normalized spacial score (nSPS) is 24.7. The second-order valence-electron chi connectivity index (χ2n) is 7.90. The first-order valence-corrected chi connectivity index (χ1v) is 10.0. The Kier molecular flexibility index (Phi) is 4.36. The molecule has 5 rings (SSSR count). The average molecular weight is 397 g/mol. The number of halogens is 1. The minimum atomic E-state index is -0.985. The van der Waals surface area contributed by atoms with E-state index in [-0.39, 0.29) is 23.7 Å². The lowest BCUT2D eigenvalue weighted by Crippen LogP contribution is -2.31. The number of aliphatic hydroxyl groups excluding tert-OH is 1. The molecule has 152 valence electrons. The maximum atomic E-state index is 14.1. The van der Waals surface area contributed by atoms with Crippen LogP contribution in [-0.2, 0) is 6.42 Å². The van der Waals surface area contributed by atoms with Crippen molar-refractivity contribution in [1.29, 1.82) is 0 Å². The SMILES string of the molecule is C[C@H]1CCc2ncc(F)cc2C2CCCN2c2ccn3nc(N)c(c3n2)C(O)N1. The fourth-order valence-electron chi connectivity index (χ4n) is 4.51. The molecule has 8 nitrogen and oxygen atoms in total. The first-order valence-electron chi connectivity index (χ1n) is 10.0. The monoisotopic (exact) mass is 397 g/mol. The minimum Gasteiger partial charge on any atom is -0.382 e. The second-order valence-corrected chi connectivity index (χ2v) is 7.90. The molecule has 1 fully saturated rings. The van der Waals surface area contributed by atoms with Gasteiger partial charge in [-0.25, -0.2) is 13.9 Å². The van der Waals surface area contributed by atoms with Crippen LogP contribution in [0.5, 0.6) is 0 Å². The summed E-state index contributed by atoms with van der Waals surface area (Å²) in [6, 6.07) is 3.50. The number of anilines is 2. The third-order valence-electron chi connectivity index (χ3n) is 5.94. The van der Waals surface area contributed by atoms with Crippen LogP contribution in [0.4, 0.5) is 16.0 Å². The summed E-state index contributed by atoms with van der Waals surface area (Å²) in [6.45, 7) is 2.81. The van der Waals surface area contributed by atoms with Gasteiger partial charge in [0, 0.05) is 24.5 Å². The quantitative estimate of drug-likeness (QED) is 0.534. The van der Waals surface area contributed by atoms with E-state index in [0.29, 0.717) is 17.6 Å². The molecule has 9 heteroatoms. The van der Waals surface area contributed by atoms with Crippen LogP contribution in [0, 0.1) is 5.82 Å². The van der Waals surface area contributed by atoms with Gasteiger partial charge in [0.25, 0.3) is 0 Å². The molecule has 2 aliphatic heterocycles. The molecule has 2 unspecified atom stereocenters. The third kappa shape index (κ3) is 3.10. The van der Waals surface area contributed by atoms with Gasteiger partial charge in [-0.1, -0.05) is 0 Å². The Labute approximate surface area is 167 Å². The van der Waals surface area contributed by atoms with Gasteiger partial charge in [0.2, 0.25) is 0 Å². The van der Waals surface area contributed by atoms with Crippen molar-refractivity contribution in [2.45, 2.75) is 50.9 Å². The summed E-state index contributed by atoms with van der Waals surface area (Å²) in [7, 11) is 0. The van der Waals surface area contributed by atoms with Gasteiger partial charge in [0.15, 0.2) is 11.5 Å². The van der Waals surface area contributed by atoms with Gasteiger partial charge >= 0.3 is 0 Å². The van der Waals surface area contributed by atoms with Crippen molar-refractivity contribution in [2.24, 2.45) is 0 Å². The zero-order valence-electron chi connectivity index (χ0n) is 16.2. The van der Waals surface area contributed by atoms with Crippen molar-refractivity contribution in [2.75, 3.05) is 17.2 Å². The standard InChI is InChI=1S/C20H24FN7O/c1-11-4-5-14-13(9-12(21)10-23-14)15-3-2-7-27(15)16-6-8-28-19(25-16)17(18(22)26-28)20(29)24-11/h6,8-11,15,20,24,29H,2-5,7H2,1H3,(H2,22,26)/t11-,15?,20?/m0/s1. The number of nitrogens with zero attached hydrogens (tertiary/aromatic N) is 5. The van der Waals surface area contributed by atoms with Crippen LogP contribution in [0.1, 0.15) is 55.3 Å². The number of nitrogens with two attached hydrogens (primary N) is 1. The fraction of sp³-hybridized carbons (Fsp3) is 0.450. The Morgan fingerprint density at radius 2 is 2.21 bits per heavy atom. The molecule has 0 saturated carbocycles. The topological polar surface area (TPSA) is 105 Å². The summed E-state index contributed by atoms with van der Waals surface area (Å²) in [4.78, 5) is 11.4. The van der Waals surface area contributed by atoms with E-state index in [1.807, 2.05) is 13.0 Å². The molecule has 0 aliphatic carbocycles. The predicted molar refractivity (Wildman–Crippen MR) is 107 cm³/mol.